The van der Waals surface area contributed by atoms with Crippen molar-refractivity contribution in [1.29, 1.82) is 5.26 Å². The molecule has 1 atom stereocenters. The number of nitrogens with zero attached hydrogens (tertiary/aromatic N) is 5. The third kappa shape index (κ3) is 2.42. The van der Waals surface area contributed by atoms with Crippen LogP contribution in [0.5, 0.6) is 0 Å². The first kappa shape index (κ1) is 13.5. The van der Waals surface area contributed by atoms with E-state index in [0.717, 1.165) is 32.5 Å². The second kappa shape index (κ2) is 5.58. The van der Waals surface area contributed by atoms with Crippen molar-refractivity contribution < 1.29 is 0 Å². The summed E-state index contributed by atoms with van der Waals surface area (Å²) in [5.41, 5.74) is 4.68. The second-order valence-corrected chi connectivity index (χ2v) is 6.33. The summed E-state index contributed by atoms with van der Waals surface area (Å²) < 4.78 is 1.94. The summed E-state index contributed by atoms with van der Waals surface area (Å²) in [6.07, 6.45) is 9.46. The number of aromatic nitrogens is 4. The topological polar surface area (TPSA) is 73.5 Å². The summed E-state index contributed by atoms with van der Waals surface area (Å²) in [5.74, 6) is 0. The standard InChI is InChI=1S/C16H20N6/c17-7-12-8-18-22(9-12)13-5-6-21(10-13)11-16-14-3-1-2-4-15(14)19-20-16/h8-9,13H,1-6,10-11H2,(H,19,20). The van der Waals surface area contributed by atoms with Gasteiger partial charge in [-0.25, -0.2) is 0 Å². The van der Waals surface area contributed by atoms with Crippen LogP contribution >= 0.6 is 0 Å². The van der Waals surface area contributed by atoms with Crippen molar-refractivity contribution >= 4 is 0 Å². The Morgan fingerprint density at radius 1 is 1.36 bits per heavy atom. The summed E-state index contributed by atoms with van der Waals surface area (Å²) in [6.45, 7) is 2.97. The number of H-pyrrole nitrogens is 1. The predicted molar refractivity (Wildman–Crippen MR) is 81.1 cm³/mol. The Bertz CT molecular complexity index is 707. The summed E-state index contributed by atoms with van der Waals surface area (Å²) in [6, 6.07) is 2.51. The average Bonchev–Trinajstić information content (AvgIpc) is 3.27. The number of rotatable bonds is 3. The molecule has 0 aromatic carbocycles. The Labute approximate surface area is 129 Å². The number of aromatic amines is 1. The molecule has 1 aliphatic carbocycles. The van der Waals surface area contributed by atoms with Crippen LogP contribution in [0.25, 0.3) is 0 Å². The maximum absolute atomic E-state index is 8.90. The van der Waals surface area contributed by atoms with E-state index in [1.54, 1.807) is 6.20 Å². The van der Waals surface area contributed by atoms with Crippen LogP contribution in [0.1, 0.15) is 47.8 Å². The SMILES string of the molecule is N#Cc1cnn(C2CCN(Cc3n[nH]c4c3CCCC4)C2)c1. The first-order valence-corrected chi connectivity index (χ1v) is 8.05. The number of aryl methyl sites for hydroxylation is 1. The zero-order valence-corrected chi connectivity index (χ0v) is 12.6. The number of hydrogen-bond donors (Lipinski definition) is 1. The van der Waals surface area contributed by atoms with Crippen molar-refractivity contribution in [2.45, 2.75) is 44.7 Å². The van der Waals surface area contributed by atoms with Gasteiger partial charge in [0, 0.05) is 31.5 Å². The largest absolute Gasteiger partial charge is 0.295 e. The number of likely N-dealkylation sites (tertiary alicyclic amines) is 1. The quantitative estimate of drug-likeness (QED) is 0.937. The van der Waals surface area contributed by atoms with Crippen molar-refractivity contribution in [3.8, 4) is 6.07 Å². The Hall–Kier alpha value is -2.13. The van der Waals surface area contributed by atoms with Crippen LogP contribution < -0.4 is 0 Å². The van der Waals surface area contributed by atoms with E-state index in [-0.39, 0.29) is 0 Å². The van der Waals surface area contributed by atoms with Gasteiger partial charge in [0.15, 0.2) is 0 Å². The predicted octanol–water partition coefficient (Wildman–Crippen LogP) is 1.80. The third-order valence-corrected chi connectivity index (χ3v) is 4.87. The van der Waals surface area contributed by atoms with E-state index >= 15 is 0 Å². The van der Waals surface area contributed by atoms with Crippen molar-refractivity contribution in [3.63, 3.8) is 0 Å². The molecule has 1 saturated heterocycles. The normalized spacial score (nSPS) is 21.7. The number of nitrogens with one attached hydrogen (secondary N) is 1. The fourth-order valence-electron chi connectivity index (χ4n) is 3.66. The zero-order valence-electron chi connectivity index (χ0n) is 12.6. The highest BCUT2D eigenvalue weighted by Gasteiger charge is 2.26. The van der Waals surface area contributed by atoms with Gasteiger partial charge in [-0.1, -0.05) is 0 Å². The smallest absolute Gasteiger partial charge is 0.102 e. The molecule has 1 aliphatic heterocycles. The molecular weight excluding hydrogens is 276 g/mol. The van der Waals surface area contributed by atoms with Crippen LogP contribution in [-0.4, -0.2) is 38.0 Å². The van der Waals surface area contributed by atoms with E-state index < -0.39 is 0 Å². The van der Waals surface area contributed by atoms with Gasteiger partial charge in [-0.3, -0.25) is 14.7 Å². The lowest BCUT2D eigenvalue weighted by atomic mass is 9.96. The summed E-state index contributed by atoms with van der Waals surface area (Å²) in [7, 11) is 0. The van der Waals surface area contributed by atoms with Crippen molar-refractivity contribution in [1.82, 2.24) is 24.9 Å². The van der Waals surface area contributed by atoms with Gasteiger partial charge in [0.05, 0.1) is 23.5 Å². The molecule has 0 bridgehead atoms. The lowest BCUT2D eigenvalue weighted by Crippen LogP contribution is -2.22. The minimum absolute atomic E-state index is 0.372. The van der Waals surface area contributed by atoms with Crippen molar-refractivity contribution in [3.05, 3.63) is 34.9 Å². The molecule has 1 N–H and O–H groups in total. The van der Waals surface area contributed by atoms with Gasteiger partial charge in [0.1, 0.15) is 6.07 Å². The fourth-order valence-corrected chi connectivity index (χ4v) is 3.66. The summed E-state index contributed by atoms with van der Waals surface area (Å²) in [5, 5.41) is 21.0. The van der Waals surface area contributed by atoms with Gasteiger partial charge < -0.3 is 0 Å². The molecule has 1 fully saturated rings. The van der Waals surface area contributed by atoms with Crippen LogP contribution in [0.4, 0.5) is 0 Å². The van der Waals surface area contributed by atoms with Gasteiger partial charge in [-0.05, 0) is 37.7 Å². The fraction of sp³-hybridized carbons (Fsp3) is 0.562. The number of hydrogen-bond acceptors (Lipinski definition) is 4. The van der Waals surface area contributed by atoms with Crippen LogP contribution in [-0.2, 0) is 19.4 Å². The van der Waals surface area contributed by atoms with E-state index in [9.17, 15) is 0 Å². The Morgan fingerprint density at radius 3 is 3.14 bits per heavy atom. The van der Waals surface area contributed by atoms with E-state index in [1.165, 1.54) is 36.2 Å². The van der Waals surface area contributed by atoms with Gasteiger partial charge in [-0.2, -0.15) is 15.5 Å². The van der Waals surface area contributed by atoms with Crippen LogP contribution in [0.3, 0.4) is 0 Å². The van der Waals surface area contributed by atoms with E-state index in [2.05, 4.69) is 26.3 Å². The molecule has 0 saturated carbocycles. The second-order valence-electron chi connectivity index (χ2n) is 6.33. The zero-order chi connectivity index (χ0) is 14.9. The third-order valence-electron chi connectivity index (χ3n) is 4.87. The highest BCUT2D eigenvalue weighted by molar-refractivity contribution is 5.27. The summed E-state index contributed by atoms with van der Waals surface area (Å²) >= 11 is 0. The van der Waals surface area contributed by atoms with Gasteiger partial charge in [0.2, 0.25) is 0 Å². The monoisotopic (exact) mass is 296 g/mol. The molecule has 4 rings (SSSR count). The van der Waals surface area contributed by atoms with Crippen LogP contribution in [0.15, 0.2) is 12.4 Å². The van der Waals surface area contributed by atoms with Crippen molar-refractivity contribution in [2.75, 3.05) is 13.1 Å². The molecule has 2 aromatic heterocycles. The Balaban J connectivity index is 1.43. The molecule has 3 heterocycles. The average molecular weight is 296 g/mol. The van der Waals surface area contributed by atoms with E-state index in [4.69, 9.17) is 5.26 Å². The molecule has 2 aliphatic rings. The molecule has 6 heteroatoms. The van der Waals surface area contributed by atoms with E-state index in [0.29, 0.717) is 11.6 Å². The van der Waals surface area contributed by atoms with Crippen molar-refractivity contribution in [2.24, 2.45) is 0 Å². The molecular formula is C16H20N6. The first-order valence-electron chi connectivity index (χ1n) is 8.05. The number of fused-ring (bicyclic) bond motifs is 1. The Kier molecular flexibility index (Phi) is 3.43. The van der Waals surface area contributed by atoms with Crippen LogP contribution in [0.2, 0.25) is 0 Å². The minimum atomic E-state index is 0.372. The molecule has 0 radical (unpaired) electrons. The lowest BCUT2D eigenvalue weighted by Gasteiger charge is -2.17. The lowest BCUT2D eigenvalue weighted by molar-refractivity contribution is 0.307. The minimum Gasteiger partial charge on any atom is -0.295 e. The van der Waals surface area contributed by atoms with Gasteiger partial charge in [-0.15, -0.1) is 0 Å². The summed E-state index contributed by atoms with van der Waals surface area (Å²) in [4.78, 5) is 2.45. The van der Waals surface area contributed by atoms with Crippen LogP contribution in [0, 0.1) is 11.3 Å². The molecule has 6 nitrogen and oxygen atoms in total. The Morgan fingerprint density at radius 2 is 2.27 bits per heavy atom. The maximum Gasteiger partial charge on any atom is 0.102 e. The maximum atomic E-state index is 8.90. The van der Waals surface area contributed by atoms with E-state index in [1.807, 2.05) is 10.9 Å². The van der Waals surface area contributed by atoms with Gasteiger partial charge >= 0.3 is 0 Å². The first-order chi connectivity index (χ1) is 10.8. The molecule has 2 aromatic rings. The molecule has 0 amide bonds. The molecule has 0 spiro atoms. The molecule has 22 heavy (non-hydrogen) atoms. The highest BCUT2D eigenvalue weighted by Crippen LogP contribution is 2.26. The highest BCUT2D eigenvalue weighted by atomic mass is 15.3. The molecule has 1 unspecified atom stereocenters. The van der Waals surface area contributed by atoms with Gasteiger partial charge in [0.25, 0.3) is 0 Å². The number of nitriles is 1. The molecule has 114 valence electrons.